The number of unbranched alkanes of at least 4 members (excludes halogenated alkanes) is 6. The summed E-state index contributed by atoms with van der Waals surface area (Å²) in [7, 11) is 0. The van der Waals surface area contributed by atoms with Crippen LogP contribution in [-0.4, -0.2) is 6.61 Å². The summed E-state index contributed by atoms with van der Waals surface area (Å²) >= 11 is 0. The van der Waals surface area contributed by atoms with Crippen molar-refractivity contribution in [2.45, 2.75) is 103 Å². The molecule has 160 valence electrons. The molecule has 0 spiro atoms. The molecule has 0 unspecified atom stereocenters. The van der Waals surface area contributed by atoms with Crippen LogP contribution in [0.25, 0.3) is 10.8 Å². The summed E-state index contributed by atoms with van der Waals surface area (Å²) in [6.45, 7) is 5.40. The molecule has 1 nitrogen and oxygen atoms in total. The van der Waals surface area contributed by atoms with Crippen molar-refractivity contribution in [3.05, 3.63) is 42.0 Å². The Labute approximate surface area is 179 Å². The fourth-order valence-corrected chi connectivity index (χ4v) is 4.95. The standard InChI is InChI=1S/C28H42O/c1-3-5-7-9-11-23-12-14-24(15-13-23)26-17-16-25-18-19-28(22-27(25)21-26)29-20-10-8-6-4-2/h16-19,21-24H,3-15,20H2,1-2H3. The minimum absolute atomic E-state index is 0.755. The number of fused-ring (bicyclic) bond motifs is 1. The van der Waals surface area contributed by atoms with E-state index in [0.717, 1.165) is 30.6 Å². The van der Waals surface area contributed by atoms with E-state index in [2.05, 4.69) is 50.2 Å². The van der Waals surface area contributed by atoms with Crippen molar-refractivity contribution >= 4 is 10.8 Å². The number of hydrogen-bond acceptors (Lipinski definition) is 1. The highest BCUT2D eigenvalue weighted by molar-refractivity contribution is 5.84. The molecule has 0 radical (unpaired) electrons. The number of hydrogen-bond donors (Lipinski definition) is 0. The average Bonchev–Trinajstić information content (AvgIpc) is 2.76. The molecule has 0 amide bonds. The molecule has 2 aromatic carbocycles. The predicted molar refractivity (Wildman–Crippen MR) is 127 cm³/mol. The molecule has 0 bridgehead atoms. The summed E-state index contributed by atoms with van der Waals surface area (Å²) in [4.78, 5) is 0. The first-order valence-electron chi connectivity index (χ1n) is 12.5. The van der Waals surface area contributed by atoms with Crippen LogP contribution in [0.2, 0.25) is 0 Å². The highest BCUT2D eigenvalue weighted by Gasteiger charge is 2.22. The van der Waals surface area contributed by atoms with E-state index in [4.69, 9.17) is 4.74 Å². The van der Waals surface area contributed by atoms with Gasteiger partial charge >= 0.3 is 0 Å². The third-order valence-electron chi connectivity index (χ3n) is 6.89. The first-order chi connectivity index (χ1) is 14.3. The second kappa shape index (κ2) is 12.3. The van der Waals surface area contributed by atoms with Gasteiger partial charge < -0.3 is 4.74 Å². The van der Waals surface area contributed by atoms with Crippen LogP contribution < -0.4 is 4.74 Å². The minimum atomic E-state index is 0.755. The lowest BCUT2D eigenvalue weighted by Crippen LogP contribution is -2.13. The topological polar surface area (TPSA) is 9.23 Å². The van der Waals surface area contributed by atoms with Gasteiger partial charge in [0, 0.05) is 0 Å². The minimum Gasteiger partial charge on any atom is -0.494 e. The molecular formula is C28H42O. The normalized spacial score (nSPS) is 19.5. The van der Waals surface area contributed by atoms with E-state index >= 15 is 0 Å². The Balaban J connectivity index is 1.52. The highest BCUT2D eigenvalue weighted by Crippen LogP contribution is 2.38. The molecule has 1 saturated carbocycles. The van der Waals surface area contributed by atoms with Gasteiger partial charge in [-0.25, -0.2) is 0 Å². The lowest BCUT2D eigenvalue weighted by Gasteiger charge is -2.29. The number of rotatable bonds is 12. The van der Waals surface area contributed by atoms with Crippen molar-refractivity contribution in [3.8, 4) is 5.75 Å². The van der Waals surface area contributed by atoms with E-state index in [-0.39, 0.29) is 0 Å². The monoisotopic (exact) mass is 394 g/mol. The second-order valence-corrected chi connectivity index (χ2v) is 9.24. The van der Waals surface area contributed by atoms with Crippen LogP contribution in [-0.2, 0) is 0 Å². The molecular weight excluding hydrogens is 352 g/mol. The molecule has 1 aliphatic carbocycles. The van der Waals surface area contributed by atoms with Crippen LogP contribution in [0.15, 0.2) is 36.4 Å². The van der Waals surface area contributed by atoms with Crippen molar-refractivity contribution in [1.29, 1.82) is 0 Å². The lowest BCUT2D eigenvalue weighted by molar-refractivity contribution is 0.302. The predicted octanol–water partition coefficient (Wildman–Crippen LogP) is 9.04. The Morgan fingerprint density at radius 3 is 2.21 bits per heavy atom. The van der Waals surface area contributed by atoms with Gasteiger partial charge in [-0.1, -0.05) is 89.5 Å². The zero-order chi connectivity index (χ0) is 20.3. The Kier molecular flexibility index (Phi) is 9.38. The second-order valence-electron chi connectivity index (χ2n) is 9.24. The molecule has 0 aromatic heterocycles. The summed E-state index contributed by atoms with van der Waals surface area (Å²) in [6, 6.07) is 13.7. The van der Waals surface area contributed by atoms with Crippen molar-refractivity contribution in [2.75, 3.05) is 6.61 Å². The molecule has 29 heavy (non-hydrogen) atoms. The average molecular weight is 395 g/mol. The molecule has 2 aromatic rings. The quantitative estimate of drug-likeness (QED) is 0.326. The zero-order valence-corrected chi connectivity index (χ0v) is 18.9. The van der Waals surface area contributed by atoms with Gasteiger partial charge in [0.05, 0.1) is 6.61 Å². The van der Waals surface area contributed by atoms with E-state index < -0.39 is 0 Å². The van der Waals surface area contributed by atoms with E-state index in [1.807, 2.05) is 0 Å². The largest absolute Gasteiger partial charge is 0.494 e. The van der Waals surface area contributed by atoms with Gasteiger partial charge in [0.25, 0.3) is 0 Å². The van der Waals surface area contributed by atoms with Gasteiger partial charge in [-0.05, 0) is 72.4 Å². The van der Waals surface area contributed by atoms with E-state index in [0.29, 0.717) is 0 Å². The van der Waals surface area contributed by atoms with Crippen LogP contribution in [0.1, 0.15) is 109 Å². The van der Waals surface area contributed by atoms with E-state index in [1.54, 1.807) is 5.56 Å². The SMILES string of the molecule is CCCCCCOc1ccc2ccc(C3CCC(CCCCCC)CC3)cc2c1. The van der Waals surface area contributed by atoms with Gasteiger partial charge in [-0.3, -0.25) is 0 Å². The molecule has 0 heterocycles. The van der Waals surface area contributed by atoms with Crippen LogP contribution in [0.3, 0.4) is 0 Å². The first kappa shape index (κ1) is 22.2. The molecule has 1 fully saturated rings. The fraction of sp³-hybridized carbons (Fsp3) is 0.643. The van der Waals surface area contributed by atoms with E-state index in [1.165, 1.54) is 87.8 Å². The molecule has 3 rings (SSSR count). The molecule has 1 aliphatic rings. The fourth-order valence-electron chi connectivity index (χ4n) is 4.95. The van der Waals surface area contributed by atoms with Crippen LogP contribution >= 0.6 is 0 Å². The highest BCUT2D eigenvalue weighted by atomic mass is 16.5. The maximum atomic E-state index is 6.01. The van der Waals surface area contributed by atoms with Crippen LogP contribution in [0, 0.1) is 5.92 Å². The third-order valence-corrected chi connectivity index (χ3v) is 6.89. The van der Waals surface area contributed by atoms with Crippen LogP contribution in [0.4, 0.5) is 0 Å². The lowest BCUT2D eigenvalue weighted by atomic mass is 9.77. The molecule has 0 N–H and O–H groups in total. The molecule has 1 heteroatoms. The van der Waals surface area contributed by atoms with Crippen molar-refractivity contribution in [3.63, 3.8) is 0 Å². The van der Waals surface area contributed by atoms with Gasteiger partial charge in [-0.15, -0.1) is 0 Å². The van der Waals surface area contributed by atoms with Crippen molar-refractivity contribution in [1.82, 2.24) is 0 Å². The van der Waals surface area contributed by atoms with Gasteiger partial charge in [-0.2, -0.15) is 0 Å². The summed E-state index contributed by atoms with van der Waals surface area (Å²) in [5.41, 5.74) is 1.54. The summed E-state index contributed by atoms with van der Waals surface area (Å²) < 4.78 is 6.01. The first-order valence-corrected chi connectivity index (χ1v) is 12.5. The smallest absolute Gasteiger partial charge is 0.119 e. The molecule has 0 saturated heterocycles. The summed E-state index contributed by atoms with van der Waals surface area (Å²) in [5.74, 6) is 2.77. The number of benzene rings is 2. The van der Waals surface area contributed by atoms with Gasteiger partial charge in [0.15, 0.2) is 0 Å². The number of ether oxygens (including phenoxy) is 1. The van der Waals surface area contributed by atoms with Crippen LogP contribution in [0.5, 0.6) is 5.75 Å². The molecule has 0 atom stereocenters. The Morgan fingerprint density at radius 2 is 1.45 bits per heavy atom. The maximum absolute atomic E-state index is 6.01. The van der Waals surface area contributed by atoms with Crippen molar-refractivity contribution in [2.24, 2.45) is 5.92 Å². The molecule has 0 aliphatic heterocycles. The summed E-state index contributed by atoms with van der Waals surface area (Å²) in [5, 5.41) is 2.67. The third kappa shape index (κ3) is 7.05. The van der Waals surface area contributed by atoms with Gasteiger partial charge in [0.2, 0.25) is 0 Å². The Hall–Kier alpha value is -1.50. The zero-order valence-electron chi connectivity index (χ0n) is 18.9. The summed E-state index contributed by atoms with van der Waals surface area (Å²) in [6.07, 6.45) is 17.7. The maximum Gasteiger partial charge on any atom is 0.119 e. The van der Waals surface area contributed by atoms with Gasteiger partial charge in [0.1, 0.15) is 5.75 Å². The van der Waals surface area contributed by atoms with Crippen molar-refractivity contribution < 1.29 is 4.74 Å². The Bertz CT molecular complexity index is 711. The Morgan fingerprint density at radius 1 is 0.724 bits per heavy atom. The van der Waals surface area contributed by atoms with E-state index in [9.17, 15) is 0 Å².